The fourth-order valence-corrected chi connectivity index (χ4v) is 2.67. The van der Waals surface area contributed by atoms with Gasteiger partial charge in [0.1, 0.15) is 17.6 Å². The Labute approximate surface area is 150 Å². The van der Waals surface area contributed by atoms with Crippen molar-refractivity contribution in [2.24, 2.45) is 0 Å². The van der Waals surface area contributed by atoms with Crippen LogP contribution in [0.4, 0.5) is 17.3 Å². The Morgan fingerprint density at radius 2 is 2.15 bits per heavy atom. The predicted molar refractivity (Wildman–Crippen MR) is 97.3 cm³/mol. The molecule has 0 fully saturated rings. The first-order valence-corrected chi connectivity index (χ1v) is 8.25. The van der Waals surface area contributed by atoms with E-state index in [1.807, 2.05) is 13.0 Å². The number of nitrogens with two attached hydrogens (primary N) is 1. The molecule has 0 saturated heterocycles. The third-order valence-corrected chi connectivity index (χ3v) is 3.92. The molecule has 0 spiro atoms. The highest BCUT2D eigenvalue weighted by atomic mass is 16.5. The number of pyridine rings is 1. The van der Waals surface area contributed by atoms with E-state index in [-0.39, 0.29) is 30.1 Å². The number of anilines is 3. The highest BCUT2D eigenvalue weighted by Crippen LogP contribution is 2.32. The zero-order chi connectivity index (χ0) is 18.7. The fraction of sp³-hybridized carbons (Fsp3) is 0.278. The second-order valence-corrected chi connectivity index (χ2v) is 5.70. The monoisotopic (exact) mass is 356 g/mol. The smallest absolute Gasteiger partial charge is 0.266 e. The molecule has 0 radical (unpaired) electrons. The molecule has 1 aliphatic rings. The topological polar surface area (TPSA) is 107 Å². The number of nitrogens with zero attached hydrogens (tertiary/aromatic N) is 2. The van der Waals surface area contributed by atoms with Gasteiger partial charge in [-0.3, -0.25) is 14.5 Å². The molecule has 2 heterocycles. The van der Waals surface area contributed by atoms with E-state index in [1.165, 1.54) is 4.90 Å². The molecule has 3 N–H and O–H groups in total. The number of rotatable bonds is 5. The first-order valence-electron chi connectivity index (χ1n) is 8.25. The molecule has 1 atom stereocenters. The van der Waals surface area contributed by atoms with Crippen LogP contribution in [0.1, 0.15) is 13.8 Å². The van der Waals surface area contributed by atoms with E-state index >= 15 is 0 Å². The van der Waals surface area contributed by atoms with Crippen molar-refractivity contribution in [1.82, 2.24) is 4.98 Å². The Hall–Kier alpha value is -3.29. The predicted octanol–water partition coefficient (Wildman–Crippen LogP) is 1.82. The first-order chi connectivity index (χ1) is 12.5. The molecule has 2 amide bonds. The summed E-state index contributed by atoms with van der Waals surface area (Å²) in [6.07, 6.45) is 0. The largest absolute Gasteiger partial charge is 0.492 e. The zero-order valence-electron chi connectivity index (χ0n) is 14.6. The van der Waals surface area contributed by atoms with Gasteiger partial charge >= 0.3 is 0 Å². The van der Waals surface area contributed by atoms with Crippen LogP contribution in [0.2, 0.25) is 0 Å². The van der Waals surface area contributed by atoms with Crippen LogP contribution < -0.4 is 25.4 Å². The van der Waals surface area contributed by atoms with Crippen molar-refractivity contribution in [3.05, 3.63) is 36.4 Å². The highest BCUT2D eigenvalue weighted by Gasteiger charge is 2.34. The molecule has 8 nitrogen and oxygen atoms in total. The normalized spacial score (nSPS) is 14.2. The average molecular weight is 356 g/mol. The van der Waals surface area contributed by atoms with Crippen molar-refractivity contribution in [2.45, 2.75) is 19.9 Å². The minimum Gasteiger partial charge on any atom is -0.492 e. The van der Waals surface area contributed by atoms with Gasteiger partial charge in [0.2, 0.25) is 5.91 Å². The molecule has 1 aromatic heterocycles. The van der Waals surface area contributed by atoms with E-state index in [9.17, 15) is 9.59 Å². The molecular formula is C18H20N4O4. The maximum Gasteiger partial charge on any atom is 0.266 e. The molecule has 136 valence electrons. The molecule has 26 heavy (non-hydrogen) atoms. The summed E-state index contributed by atoms with van der Waals surface area (Å²) >= 11 is 0. The Kier molecular flexibility index (Phi) is 4.92. The summed E-state index contributed by atoms with van der Waals surface area (Å²) in [5, 5.41) is 2.80. The number of carbonyl (C=O) groups is 2. The SMILES string of the molecule is CCOc1ccccc1NC(=O)C(C)N1C(=O)COc2ccc(N)nc21. The third kappa shape index (κ3) is 3.39. The van der Waals surface area contributed by atoms with Crippen LogP contribution in [-0.4, -0.2) is 36.1 Å². The van der Waals surface area contributed by atoms with Crippen LogP contribution >= 0.6 is 0 Å². The van der Waals surface area contributed by atoms with Gasteiger partial charge in [-0.2, -0.15) is 0 Å². The Bertz CT molecular complexity index is 840. The van der Waals surface area contributed by atoms with Gasteiger partial charge in [-0.05, 0) is 38.1 Å². The van der Waals surface area contributed by atoms with E-state index in [0.29, 0.717) is 23.8 Å². The minimum absolute atomic E-state index is 0.161. The van der Waals surface area contributed by atoms with Gasteiger partial charge in [0, 0.05) is 0 Å². The lowest BCUT2D eigenvalue weighted by Gasteiger charge is -2.32. The summed E-state index contributed by atoms with van der Waals surface area (Å²) in [6, 6.07) is 9.51. The Morgan fingerprint density at radius 3 is 2.92 bits per heavy atom. The average Bonchev–Trinajstić information content (AvgIpc) is 2.63. The maximum absolute atomic E-state index is 12.7. The molecular weight excluding hydrogens is 336 g/mol. The van der Waals surface area contributed by atoms with Crippen LogP contribution in [0.5, 0.6) is 11.5 Å². The third-order valence-electron chi connectivity index (χ3n) is 3.92. The number of para-hydroxylation sites is 2. The quantitative estimate of drug-likeness (QED) is 0.846. The summed E-state index contributed by atoms with van der Waals surface area (Å²) in [7, 11) is 0. The van der Waals surface area contributed by atoms with Crippen LogP contribution in [-0.2, 0) is 9.59 Å². The van der Waals surface area contributed by atoms with Crippen LogP contribution in [0.3, 0.4) is 0 Å². The number of hydrogen-bond donors (Lipinski definition) is 2. The molecule has 2 aromatic rings. The molecule has 8 heteroatoms. The number of nitrogen functional groups attached to an aromatic ring is 1. The van der Waals surface area contributed by atoms with Gasteiger partial charge in [-0.1, -0.05) is 12.1 Å². The van der Waals surface area contributed by atoms with Gasteiger partial charge < -0.3 is 20.5 Å². The van der Waals surface area contributed by atoms with Crippen LogP contribution in [0, 0.1) is 0 Å². The van der Waals surface area contributed by atoms with E-state index in [4.69, 9.17) is 15.2 Å². The number of fused-ring (bicyclic) bond motifs is 1. The van der Waals surface area contributed by atoms with Crippen LogP contribution in [0.15, 0.2) is 36.4 Å². The standard InChI is InChI=1S/C18H20N4O4/c1-3-25-13-7-5-4-6-12(13)20-18(24)11(2)22-16(23)10-26-14-8-9-15(19)21-17(14)22/h4-9,11H,3,10H2,1-2H3,(H2,19,21)(H,20,24). The summed E-state index contributed by atoms with van der Waals surface area (Å²) in [5.41, 5.74) is 6.26. The number of nitrogens with one attached hydrogen (secondary N) is 1. The lowest BCUT2D eigenvalue weighted by molar-refractivity contribution is -0.125. The second kappa shape index (κ2) is 7.30. The molecule has 1 aromatic carbocycles. The molecule has 1 unspecified atom stereocenters. The van der Waals surface area contributed by atoms with Crippen LogP contribution in [0.25, 0.3) is 0 Å². The second-order valence-electron chi connectivity index (χ2n) is 5.70. The summed E-state index contributed by atoms with van der Waals surface area (Å²) in [4.78, 5) is 30.6. The van der Waals surface area contributed by atoms with Crippen molar-refractivity contribution >= 4 is 29.1 Å². The van der Waals surface area contributed by atoms with Crippen molar-refractivity contribution in [2.75, 3.05) is 29.2 Å². The highest BCUT2D eigenvalue weighted by molar-refractivity contribution is 6.06. The number of ether oxygens (including phenoxy) is 2. The van der Waals surface area contributed by atoms with E-state index in [0.717, 1.165) is 0 Å². The van der Waals surface area contributed by atoms with E-state index in [1.54, 1.807) is 37.3 Å². The van der Waals surface area contributed by atoms with Gasteiger partial charge in [-0.25, -0.2) is 4.98 Å². The number of aromatic nitrogens is 1. The van der Waals surface area contributed by atoms with E-state index in [2.05, 4.69) is 10.3 Å². The van der Waals surface area contributed by atoms with Gasteiger partial charge in [0.25, 0.3) is 5.91 Å². The lowest BCUT2D eigenvalue weighted by atomic mass is 10.2. The Balaban J connectivity index is 1.85. The number of benzene rings is 1. The summed E-state index contributed by atoms with van der Waals surface area (Å²) in [5.74, 6) is 0.710. The lowest BCUT2D eigenvalue weighted by Crippen LogP contribution is -2.50. The van der Waals surface area contributed by atoms with E-state index < -0.39 is 6.04 Å². The minimum atomic E-state index is -0.811. The maximum atomic E-state index is 12.7. The summed E-state index contributed by atoms with van der Waals surface area (Å²) in [6.45, 7) is 3.80. The molecule has 0 bridgehead atoms. The zero-order valence-corrected chi connectivity index (χ0v) is 14.6. The van der Waals surface area contributed by atoms with Crippen molar-refractivity contribution < 1.29 is 19.1 Å². The van der Waals surface area contributed by atoms with Gasteiger partial charge in [0.05, 0.1) is 12.3 Å². The van der Waals surface area contributed by atoms with Crippen molar-refractivity contribution in [3.8, 4) is 11.5 Å². The molecule has 3 rings (SSSR count). The Morgan fingerprint density at radius 1 is 1.38 bits per heavy atom. The van der Waals surface area contributed by atoms with Crippen molar-refractivity contribution in [3.63, 3.8) is 0 Å². The first kappa shape index (κ1) is 17.5. The number of hydrogen-bond acceptors (Lipinski definition) is 6. The molecule has 1 aliphatic heterocycles. The summed E-state index contributed by atoms with van der Waals surface area (Å²) < 4.78 is 10.9. The number of carbonyl (C=O) groups excluding carboxylic acids is 2. The number of amides is 2. The van der Waals surface area contributed by atoms with Gasteiger partial charge in [0.15, 0.2) is 18.2 Å². The van der Waals surface area contributed by atoms with Crippen molar-refractivity contribution in [1.29, 1.82) is 0 Å². The molecule has 0 saturated carbocycles. The van der Waals surface area contributed by atoms with Gasteiger partial charge in [-0.15, -0.1) is 0 Å². The fourth-order valence-electron chi connectivity index (χ4n) is 2.67. The molecule has 0 aliphatic carbocycles.